The van der Waals surface area contributed by atoms with Gasteiger partial charge in [0.1, 0.15) is 11.5 Å². The number of hydrogen-bond donors (Lipinski definition) is 1. The SMILES string of the molecule is CN(C)N=Cc1ccc([C@@H](O)C(F)(F)C(F)(F)C(F)(F)C(F)F)o1. The number of alkyl halides is 8. The summed E-state index contributed by atoms with van der Waals surface area (Å²) in [6.45, 7) is 0. The Balaban J connectivity index is 3.14. The van der Waals surface area contributed by atoms with Crippen molar-refractivity contribution >= 4 is 6.21 Å². The molecule has 0 aliphatic rings. The molecule has 1 aromatic rings. The highest BCUT2D eigenvalue weighted by molar-refractivity contribution is 5.75. The van der Waals surface area contributed by atoms with Crippen LogP contribution in [0, 0.1) is 0 Å². The maximum absolute atomic E-state index is 13.5. The van der Waals surface area contributed by atoms with E-state index in [-0.39, 0.29) is 5.76 Å². The van der Waals surface area contributed by atoms with Crippen LogP contribution < -0.4 is 0 Å². The molecule has 12 heteroatoms. The van der Waals surface area contributed by atoms with Crippen molar-refractivity contribution in [1.82, 2.24) is 5.01 Å². The Morgan fingerprint density at radius 2 is 1.62 bits per heavy atom. The van der Waals surface area contributed by atoms with E-state index in [2.05, 4.69) is 9.52 Å². The zero-order valence-electron chi connectivity index (χ0n) is 12.2. The molecule has 0 aromatic carbocycles. The Hall–Kier alpha value is -1.85. The molecule has 138 valence electrons. The molecule has 0 amide bonds. The van der Waals surface area contributed by atoms with Crippen molar-refractivity contribution in [3.8, 4) is 0 Å². The lowest BCUT2D eigenvalue weighted by Gasteiger charge is -2.34. The predicted molar refractivity (Wildman–Crippen MR) is 65.8 cm³/mol. The number of nitrogens with zero attached hydrogens (tertiary/aromatic N) is 2. The van der Waals surface area contributed by atoms with Crippen LogP contribution in [0.5, 0.6) is 0 Å². The van der Waals surface area contributed by atoms with E-state index >= 15 is 0 Å². The van der Waals surface area contributed by atoms with Gasteiger partial charge in [0, 0.05) is 14.1 Å². The van der Waals surface area contributed by atoms with E-state index in [9.17, 15) is 40.2 Å². The van der Waals surface area contributed by atoms with E-state index < -0.39 is 36.1 Å². The van der Waals surface area contributed by atoms with Gasteiger partial charge < -0.3 is 14.5 Å². The van der Waals surface area contributed by atoms with Gasteiger partial charge in [-0.2, -0.15) is 31.4 Å². The van der Waals surface area contributed by atoms with E-state index in [1.807, 2.05) is 0 Å². The number of hydrazone groups is 1. The topological polar surface area (TPSA) is 49.0 Å². The third-order valence-corrected chi connectivity index (χ3v) is 2.79. The molecule has 1 heterocycles. The molecular formula is C12H12F8N2O2. The van der Waals surface area contributed by atoms with Crippen molar-refractivity contribution in [2.45, 2.75) is 30.3 Å². The maximum Gasteiger partial charge on any atom is 0.381 e. The van der Waals surface area contributed by atoms with Crippen LogP contribution in [-0.4, -0.2) is 54.6 Å². The first-order valence-electron chi connectivity index (χ1n) is 6.15. The minimum Gasteiger partial charge on any atom is -0.457 e. The summed E-state index contributed by atoms with van der Waals surface area (Å²) in [5.41, 5.74) is 0. The minimum atomic E-state index is -6.53. The van der Waals surface area contributed by atoms with Gasteiger partial charge in [0.2, 0.25) is 0 Å². The van der Waals surface area contributed by atoms with Crippen LogP contribution in [0.2, 0.25) is 0 Å². The van der Waals surface area contributed by atoms with Gasteiger partial charge in [-0.1, -0.05) is 0 Å². The molecule has 0 bridgehead atoms. The summed E-state index contributed by atoms with van der Waals surface area (Å²) in [6, 6.07) is 1.54. The van der Waals surface area contributed by atoms with Crippen molar-refractivity contribution in [2.24, 2.45) is 5.10 Å². The van der Waals surface area contributed by atoms with Crippen LogP contribution in [0.25, 0.3) is 0 Å². The lowest BCUT2D eigenvalue weighted by atomic mass is 9.98. The van der Waals surface area contributed by atoms with Gasteiger partial charge in [-0.3, -0.25) is 0 Å². The highest BCUT2D eigenvalue weighted by Crippen LogP contribution is 2.53. The second-order valence-electron chi connectivity index (χ2n) is 4.86. The molecular weight excluding hydrogens is 356 g/mol. The van der Waals surface area contributed by atoms with Crippen molar-refractivity contribution < 1.29 is 44.6 Å². The summed E-state index contributed by atoms with van der Waals surface area (Å²) < 4.78 is 108. The second-order valence-corrected chi connectivity index (χ2v) is 4.86. The molecule has 0 aliphatic carbocycles. The average Bonchev–Trinajstić information content (AvgIpc) is 2.92. The second kappa shape index (κ2) is 6.57. The van der Waals surface area contributed by atoms with E-state index in [1.165, 1.54) is 19.1 Å². The third-order valence-electron chi connectivity index (χ3n) is 2.79. The number of rotatable bonds is 7. The Morgan fingerprint density at radius 3 is 2.08 bits per heavy atom. The van der Waals surface area contributed by atoms with Gasteiger partial charge in [0.05, 0.1) is 6.21 Å². The quantitative estimate of drug-likeness (QED) is 0.456. The molecule has 4 nitrogen and oxygen atoms in total. The normalized spacial score (nSPS) is 15.3. The molecule has 24 heavy (non-hydrogen) atoms. The van der Waals surface area contributed by atoms with E-state index in [4.69, 9.17) is 0 Å². The minimum absolute atomic E-state index is 0.266. The first-order valence-corrected chi connectivity index (χ1v) is 6.15. The fourth-order valence-electron chi connectivity index (χ4n) is 1.47. The largest absolute Gasteiger partial charge is 0.457 e. The fourth-order valence-corrected chi connectivity index (χ4v) is 1.47. The maximum atomic E-state index is 13.5. The zero-order valence-corrected chi connectivity index (χ0v) is 12.2. The molecule has 0 radical (unpaired) electrons. The lowest BCUT2D eigenvalue weighted by molar-refractivity contribution is -0.358. The standard InChI is InChI=1S/C12H12F8N2O2/c1-22(2)21-5-6-3-4-7(24-6)8(23)10(15,16)12(19,20)11(17,18)9(13)14/h3-5,8-9,23H,1-2H3/t8-/m1/s1. The Morgan fingerprint density at radius 1 is 1.08 bits per heavy atom. The van der Waals surface area contributed by atoms with Crippen molar-refractivity contribution in [3.63, 3.8) is 0 Å². The average molecular weight is 368 g/mol. The highest BCUT2D eigenvalue weighted by atomic mass is 19.4. The number of hydrogen-bond acceptors (Lipinski definition) is 4. The van der Waals surface area contributed by atoms with Gasteiger partial charge in [0.15, 0.2) is 6.10 Å². The summed E-state index contributed by atoms with van der Waals surface area (Å²) in [5, 5.41) is 14.1. The highest BCUT2D eigenvalue weighted by Gasteiger charge is 2.77. The van der Waals surface area contributed by atoms with Gasteiger partial charge in [-0.25, -0.2) is 8.78 Å². The number of aliphatic hydroxyl groups excluding tert-OH is 1. The van der Waals surface area contributed by atoms with Crippen LogP contribution in [0.15, 0.2) is 21.7 Å². The molecule has 0 fully saturated rings. The summed E-state index contributed by atoms with van der Waals surface area (Å²) in [6.07, 6.45) is -7.69. The molecule has 1 atom stereocenters. The summed E-state index contributed by atoms with van der Waals surface area (Å²) in [7, 11) is 2.96. The molecule has 0 saturated heterocycles. The summed E-state index contributed by atoms with van der Waals surface area (Å²) in [4.78, 5) is 0. The number of aliphatic hydroxyl groups is 1. The summed E-state index contributed by atoms with van der Waals surface area (Å²) in [5.74, 6) is -20.3. The molecule has 0 aliphatic heterocycles. The smallest absolute Gasteiger partial charge is 0.381 e. The first-order chi connectivity index (χ1) is 10.7. The zero-order chi connectivity index (χ0) is 18.9. The van der Waals surface area contributed by atoms with Gasteiger partial charge in [-0.15, -0.1) is 0 Å². The van der Waals surface area contributed by atoms with Crippen molar-refractivity contribution in [3.05, 3.63) is 23.7 Å². The van der Waals surface area contributed by atoms with Crippen molar-refractivity contribution in [2.75, 3.05) is 14.1 Å². The van der Waals surface area contributed by atoms with Crippen LogP contribution in [0.3, 0.4) is 0 Å². The van der Waals surface area contributed by atoms with Gasteiger partial charge >= 0.3 is 24.2 Å². The van der Waals surface area contributed by atoms with E-state index in [1.54, 1.807) is 0 Å². The van der Waals surface area contributed by atoms with Crippen LogP contribution >= 0.6 is 0 Å². The van der Waals surface area contributed by atoms with Crippen molar-refractivity contribution in [1.29, 1.82) is 0 Å². The predicted octanol–water partition coefficient (Wildman–Crippen LogP) is 3.38. The molecule has 1 N–H and O–H groups in total. The van der Waals surface area contributed by atoms with Gasteiger partial charge in [-0.05, 0) is 12.1 Å². The molecule has 1 rings (SSSR count). The fraction of sp³-hybridized carbons (Fsp3) is 0.583. The van der Waals surface area contributed by atoms with E-state index in [0.717, 1.165) is 12.3 Å². The number of furan rings is 1. The Bertz CT molecular complexity index is 585. The first kappa shape index (κ1) is 20.2. The Labute approximate surface area is 130 Å². The lowest BCUT2D eigenvalue weighted by Crippen LogP contribution is -2.59. The molecule has 0 spiro atoms. The molecule has 0 unspecified atom stereocenters. The van der Waals surface area contributed by atoms with Gasteiger partial charge in [0.25, 0.3) is 0 Å². The van der Waals surface area contributed by atoms with Crippen LogP contribution in [0.4, 0.5) is 35.1 Å². The van der Waals surface area contributed by atoms with Crippen LogP contribution in [0.1, 0.15) is 17.6 Å². The third kappa shape index (κ3) is 3.47. The number of halogens is 8. The van der Waals surface area contributed by atoms with Crippen LogP contribution in [-0.2, 0) is 0 Å². The summed E-state index contributed by atoms with van der Waals surface area (Å²) >= 11 is 0. The molecule has 1 aromatic heterocycles. The van der Waals surface area contributed by atoms with E-state index in [0.29, 0.717) is 6.07 Å². The Kier molecular flexibility index (Phi) is 5.53. The molecule has 0 saturated carbocycles. The monoisotopic (exact) mass is 368 g/mol.